The van der Waals surface area contributed by atoms with Crippen molar-refractivity contribution in [1.82, 2.24) is 14.9 Å². The monoisotopic (exact) mass is 243 g/mol. The molecule has 0 fully saturated rings. The fraction of sp³-hybridized carbons (Fsp3) is 0.286. The van der Waals surface area contributed by atoms with Crippen LogP contribution in [0.15, 0.2) is 53.7 Å². The fourth-order valence-corrected chi connectivity index (χ4v) is 1.93. The van der Waals surface area contributed by atoms with Crippen LogP contribution in [0.25, 0.3) is 0 Å². The number of likely N-dealkylation sites (N-methyl/N-ethyl adjacent to an activating group) is 1. The van der Waals surface area contributed by atoms with E-state index in [4.69, 9.17) is 0 Å². The number of hydrogen-bond donors (Lipinski definition) is 1. The van der Waals surface area contributed by atoms with Crippen LogP contribution >= 0.6 is 0 Å². The lowest BCUT2D eigenvalue weighted by Gasteiger charge is -2.19. The van der Waals surface area contributed by atoms with E-state index >= 15 is 0 Å². The highest BCUT2D eigenvalue weighted by atomic mass is 16.1. The molecule has 0 spiro atoms. The molecule has 2 aromatic rings. The molecular weight excluding hydrogens is 226 g/mol. The van der Waals surface area contributed by atoms with Crippen molar-refractivity contribution in [2.75, 3.05) is 6.54 Å². The second-order valence-electron chi connectivity index (χ2n) is 4.09. The Morgan fingerprint density at radius 2 is 2.06 bits per heavy atom. The number of nitrogens with zero attached hydrogens (tertiary/aromatic N) is 2. The van der Waals surface area contributed by atoms with Crippen molar-refractivity contribution in [2.24, 2.45) is 0 Å². The van der Waals surface area contributed by atoms with Crippen molar-refractivity contribution in [3.63, 3.8) is 0 Å². The highest BCUT2D eigenvalue weighted by Gasteiger charge is 2.10. The van der Waals surface area contributed by atoms with Crippen LogP contribution < -0.4 is 10.9 Å². The van der Waals surface area contributed by atoms with Crippen LogP contribution in [0, 0.1) is 0 Å². The van der Waals surface area contributed by atoms with Gasteiger partial charge in [-0.15, -0.1) is 0 Å². The van der Waals surface area contributed by atoms with Gasteiger partial charge in [-0.05, 0) is 12.1 Å². The maximum absolute atomic E-state index is 11.7. The molecule has 2 rings (SSSR count). The molecule has 0 aliphatic carbocycles. The normalized spacial score (nSPS) is 12.3. The van der Waals surface area contributed by atoms with E-state index in [2.05, 4.69) is 29.4 Å². The first-order valence-electron chi connectivity index (χ1n) is 6.10. The summed E-state index contributed by atoms with van der Waals surface area (Å²) >= 11 is 0. The van der Waals surface area contributed by atoms with Crippen molar-refractivity contribution in [1.29, 1.82) is 0 Å². The minimum absolute atomic E-state index is 0.0242. The van der Waals surface area contributed by atoms with Gasteiger partial charge in [0.25, 0.3) is 5.56 Å². The predicted molar refractivity (Wildman–Crippen MR) is 71.4 cm³/mol. The third-order valence-corrected chi connectivity index (χ3v) is 2.82. The lowest BCUT2D eigenvalue weighted by atomic mass is 10.1. The Bertz CT molecular complexity index is 536. The molecule has 1 aromatic carbocycles. The van der Waals surface area contributed by atoms with E-state index in [1.807, 2.05) is 18.2 Å². The molecule has 0 saturated carbocycles. The molecule has 0 bridgehead atoms. The summed E-state index contributed by atoms with van der Waals surface area (Å²) in [5, 5.41) is 3.39. The zero-order valence-corrected chi connectivity index (χ0v) is 10.4. The summed E-state index contributed by atoms with van der Waals surface area (Å²) in [5.41, 5.74) is 1.15. The molecule has 0 aliphatic rings. The van der Waals surface area contributed by atoms with Crippen LogP contribution in [0.5, 0.6) is 0 Å². The van der Waals surface area contributed by atoms with Gasteiger partial charge in [-0.25, -0.2) is 4.98 Å². The van der Waals surface area contributed by atoms with Crippen LogP contribution in [0.1, 0.15) is 18.5 Å². The average molecular weight is 243 g/mol. The minimum Gasteiger partial charge on any atom is -0.309 e. The molecule has 4 nitrogen and oxygen atoms in total. The van der Waals surface area contributed by atoms with E-state index in [0.29, 0.717) is 6.54 Å². The van der Waals surface area contributed by atoms with Crippen LogP contribution in [0.4, 0.5) is 0 Å². The second kappa shape index (κ2) is 6.12. The number of nitrogens with one attached hydrogen (secondary N) is 1. The van der Waals surface area contributed by atoms with Crippen molar-refractivity contribution in [3.05, 3.63) is 64.8 Å². The highest BCUT2D eigenvalue weighted by molar-refractivity contribution is 5.18. The van der Waals surface area contributed by atoms with Crippen LogP contribution in [0.3, 0.4) is 0 Å². The Hall–Kier alpha value is -1.94. The Kier molecular flexibility index (Phi) is 4.25. The molecule has 18 heavy (non-hydrogen) atoms. The summed E-state index contributed by atoms with van der Waals surface area (Å²) in [6, 6.07) is 11.7. The molecule has 1 N–H and O–H groups in total. The fourth-order valence-electron chi connectivity index (χ4n) is 1.93. The molecule has 1 aromatic heterocycles. The molecule has 0 amide bonds. The summed E-state index contributed by atoms with van der Waals surface area (Å²) in [4.78, 5) is 15.7. The lowest BCUT2D eigenvalue weighted by molar-refractivity contribution is 0.463. The van der Waals surface area contributed by atoms with Gasteiger partial charge in [0, 0.05) is 18.8 Å². The Morgan fingerprint density at radius 1 is 1.28 bits per heavy atom. The first-order chi connectivity index (χ1) is 8.81. The number of benzene rings is 1. The number of aromatic nitrogens is 2. The smallest absolute Gasteiger partial charge is 0.253 e. The van der Waals surface area contributed by atoms with E-state index < -0.39 is 0 Å². The van der Waals surface area contributed by atoms with Crippen LogP contribution in [-0.4, -0.2) is 16.1 Å². The summed E-state index contributed by atoms with van der Waals surface area (Å²) < 4.78 is 1.63. The van der Waals surface area contributed by atoms with Gasteiger partial charge in [0.1, 0.15) is 0 Å². The third-order valence-electron chi connectivity index (χ3n) is 2.82. The van der Waals surface area contributed by atoms with E-state index in [9.17, 15) is 4.79 Å². The van der Waals surface area contributed by atoms with Gasteiger partial charge in [0.2, 0.25) is 0 Å². The van der Waals surface area contributed by atoms with Crippen molar-refractivity contribution in [3.8, 4) is 0 Å². The quantitative estimate of drug-likeness (QED) is 0.867. The molecule has 1 heterocycles. The standard InChI is InChI=1S/C14H17N3O/c1-2-16-13(12-6-4-3-5-7-12)10-17-11-15-9-8-14(17)18/h3-9,11,13,16H,2,10H2,1H3. The van der Waals surface area contributed by atoms with Gasteiger partial charge in [-0.1, -0.05) is 37.3 Å². The van der Waals surface area contributed by atoms with Gasteiger partial charge in [0.05, 0.1) is 12.4 Å². The molecule has 0 saturated heterocycles. The lowest BCUT2D eigenvalue weighted by Crippen LogP contribution is -2.30. The Labute approximate surface area is 106 Å². The largest absolute Gasteiger partial charge is 0.309 e. The Morgan fingerprint density at radius 3 is 2.72 bits per heavy atom. The zero-order valence-electron chi connectivity index (χ0n) is 10.4. The van der Waals surface area contributed by atoms with Gasteiger partial charge in [0.15, 0.2) is 0 Å². The molecule has 4 heteroatoms. The molecule has 1 atom stereocenters. The van der Waals surface area contributed by atoms with E-state index in [0.717, 1.165) is 6.54 Å². The summed E-state index contributed by atoms with van der Waals surface area (Å²) in [5.74, 6) is 0. The van der Waals surface area contributed by atoms with Crippen LogP contribution in [0.2, 0.25) is 0 Å². The van der Waals surface area contributed by atoms with Crippen LogP contribution in [-0.2, 0) is 6.54 Å². The topological polar surface area (TPSA) is 46.9 Å². The predicted octanol–water partition coefficient (Wildman–Crippen LogP) is 1.59. The van der Waals surface area contributed by atoms with Crippen molar-refractivity contribution >= 4 is 0 Å². The van der Waals surface area contributed by atoms with Crippen molar-refractivity contribution < 1.29 is 0 Å². The highest BCUT2D eigenvalue weighted by Crippen LogP contribution is 2.13. The van der Waals surface area contributed by atoms with Crippen molar-refractivity contribution in [2.45, 2.75) is 19.5 Å². The second-order valence-corrected chi connectivity index (χ2v) is 4.09. The van der Waals surface area contributed by atoms with Gasteiger partial charge < -0.3 is 5.32 Å². The first kappa shape index (κ1) is 12.5. The van der Waals surface area contributed by atoms with E-state index in [1.54, 1.807) is 10.9 Å². The minimum atomic E-state index is -0.0242. The first-order valence-corrected chi connectivity index (χ1v) is 6.10. The SMILES string of the molecule is CCNC(Cn1cnccc1=O)c1ccccc1. The number of hydrogen-bond acceptors (Lipinski definition) is 3. The molecular formula is C14H17N3O. The Balaban J connectivity index is 2.22. The third kappa shape index (κ3) is 3.05. The van der Waals surface area contributed by atoms with Gasteiger partial charge in [-0.3, -0.25) is 9.36 Å². The van der Waals surface area contributed by atoms with Gasteiger partial charge in [-0.2, -0.15) is 0 Å². The molecule has 94 valence electrons. The number of rotatable bonds is 5. The molecule has 0 aliphatic heterocycles. The maximum atomic E-state index is 11.7. The average Bonchev–Trinajstić information content (AvgIpc) is 2.42. The van der Waals surface area contributed by atoms with E-state index in [1.165, 1.54) is 17.8 Å². The molecule has 1 unspecified atom stereocenters. The van der Waals surface area contributed by atoms with E-state index in [-0.39, 0.29) is 11.6 Å². The summed E-state index contributed by atoms with van der Waals surface area (Å²) in [6.45, 7) is 3.50. The zero-order chi connectivity index (χ0) is 12.8. The summed E-state index contributed by atoms with van der Waals surface area (Å²) in [7, 11) is 0. The summed E-state index contributed by atoms with van der Waals surface area (Å²) in [6.07, 6.45) is 3.10. The maximum Gasteiger partial charge on any atom is 0.253 e. The van der Waals surface area contributed by atoms with Gasteiger partial charge >= 0.3 is 0 Å². The molecule has 0 radical (unpaired) electrons.